The number of hydrogen-bond acceptors (Lipinski definition) is 9. The van der Waals surface area contributed by atoms with E-state index in [1.54, 1.807) is 0 Å². The van der Waals surface area contributed by atoms with Crippen molar-refractivity contribution < 1.29 is 58.7 Å². The molecule has 0 saturated carbocycles. The Morgan fingerprint density at radius 3 is 0.592 bits per heavy atom. The third-order valence-electron chi connectivity index (χ3n) is 8.08. The molecule has 3 unspecified atom stereocenters. The predicted octanol–water partition coefficient (Wildman–Crippen LogP) is 11.8. The van der Waals surface area contributed by atoms with Crippen LogP contribution in [-0.2, 0) is 44.0 Å². The van der Waals surface area contributed by atoms with Gasteiger partial charge in [-0.1, -0.05) is 194 Å². The molecule has 0 fully saturated rings. The molecule has 294 valence electrons. The minimum absolute atomic E-state index is 0. The summed E-state index contributed by atoms with van der Waals surface area (Å²) in [6.45, 7) is 7.77. The topological polar surface area (TPSA) is 148 Å². The van der Waals surface area contributed by atoms with Crippen molar-refractivity contribution in [3.05, 3.63) is 0 Å². The number of unbranched alkanes of at least 4 members (excludes halogenated alkanes) is 27. The first-order valence-corrected chi connectivity index (χ1v) is 22.9. The molecule has 0 aromatic heterocycles. The summed E-state index contributed by atoms with van der Waals surface area (Å²) >= 11 is 0. The van der Waals surface area contributed by atoms with Gasteiger partial charge in [-0.15, -0.1) is 13.6 Å². The largest absolute Gasteiger partial charge is 3.00 e. The molecule has 0 aliphatic heterocycles. The zero-order valence-electron chi connectivity index (χ0n) is 31.7. The Balaban J connectivity index is -0.000000307. The summed E-state index contributed by atoms with van der Waals surface area (Å²) in [5.74, 6) is 0. The van der Waals surface area contributed by atoms with Crippen LogP contribution in [0.15, 0.2) is 0 Å². The smallest absolute Gasteiger partial charge is 0.566 e. The maximum Gasteiger partial charge on any atom is 3.00 e. The second-order valence-corrected chi connectivity index (χ2v) is 14.8. The summed E-state index contributed by atoms with van der Waals surface area (Å²) in [4.78, 5) is 30.2. The summed E-state index contributed by atoms with van der Waals surface area (Å²) in [6, 6.07) is 0. The van der Waals surface area contributed by atoms with Gasteiger partial charge in [0.1, 0.15) is 19.8 Å². The van der Waals surface area contributed by atoms with Crippen LogP contribution in [0.5, 0.6) is 0 Å². The van der Waals surface area contributed by atoms with E-state index >= 15 is 0 Å². The Labute approximate surface area is 315 Å². The Bertz CT molecular complexity index is 580. The fourth-order valence-electron chi connectivity index (χ4n) is 5.19. The van der Waals surface area contributed by atoms with Gasteiger partial charge < -0.3 is 14.7 Å². The Morgan fingerprint density at radius 1 is 0.306 bits per heavy atom. The van der Waals surface area contributed by atoms with Crippen LogP contribution in [0.3, 0.4) is 0 Å². The van der Waals surface area contributed by atoms with E-state index in [1.165, 1.54) is 154 Å². The molecule has 0 aliphatic carbocycles. The van der Waals surface area contributed by atoms with E-state index in [4.69, 9.17) is 0 Å². The fraction of sp³-hybridized carbons (Fsp3) is 1.00. The molecule has 0 radical (unpaired) electrons. The molecule has 9 nitrogen and oxygen atoms in total. The summed E-state index contributed by atoms with van der Waals surface area (Å²) in [7, 11) is -7.91. The van der Waals surface area contributed by atoms with Crippen molar-refractivity contribution in [1.82, 2.24) is 0 Å². The van der Waals surface area contributed by atoms with Crippen molar-refractivity contribution >= 4 is 24.8 Å². The van der Waals surface area contributed by atoms with E-state index in [0.717, 1.165) is 38.5 Å². The molecule has 0 aromatic carbocycles. The van der Waals surface area contributed by atoms with E-state index in [-0.39, 0.29) is 16.8 Å². The van der Waals surface area contributed by atoms with Crippen LogP contribution in [0.25, 0.3) is 0 Å². The Kier molecular flexibility index (Phi) is 60.8. The molecule has 0 heterocycles. The minimum atomic E-state index is -2.64. The van der Waals surface area contributed by atoms with Gasteiger partial charge in [0.05, 0.1) is 0 Å². The van der Waals surface area contributed by atoms with E-state index < -0.39 is 24.8 Å². The van der Waals surface area contributed by atoms with Gasteiger partial charge >= 0.3 is 41.5 Å². The van der Waals surface area contributed by atoms with E-state index in [2.05, 4.69) is 34.3 Å². The van der Waals surface area contributed by atoms with E-state index in [1.807, 2.05) is 0 Å². The number of rotatable bonds is 36. The van der Waals surface area contributed by atoms with Crippen molar-refractivity contribution in [2.45, 2.75) is 213 Å². The second-order valence-electron chi connectivity index (χ2n) is 12.7. The normalized spacial score (nSPS) is 11.5. The van der Waals surface area contributed by atoms with Gasteiger partial charge in [0.15, 0.2) is 0 Å². The van der Waals surface area contributed by atoms with Crippen molar-refractivity contribution in [1.29, 1.82) is 0 Å². The maximum atomic E-state index is 10.1. The van der Waals surface area contributed by atoms with Gasteiger partial charge in [0.2, 0.25) is 0 Å². The van der Waals surface area contributed by atoms with Gasteiger partial charge in [-0.05, 0) is 33.0 Å². The fourth-order valence-corrected chi connectivity index (χ4v) is 6.02. The average molecular weight is 804 g/mol. The average Bonchev–Trinajstić information content (AvgIpc) is 3.05. The van der Waals surface area contributed by atoms with Gasteiger partial charge in [-0.2, -0.15) is 0 Å². The quantitative estimate of drug-likeness (QED) is 0.0445. The molecule has 0 saturated heterocycles. The van der Waals surface area contributed by atoms with Gasteiger partial charge in [-0.25, -0.2) is 0 Å². The molecule has 49 heavy (non-hydrogen) atoms. The zero-order chi connectivity index (χ0) is 36.2. The maximum absolute atomic E-state index is 10.1. The van der Waals surface area contributed by atoms with Crippen molar-refractivity contribution in [2.24, 2.45) is 0 Å². The van der Waals surface area contributed by atoms with Crippen LogP contribution in [0, 0.1) is 0 Å². The van der Waals surface area contributed by atoms with Crippen LogP contribution >= 0.6 is 24.8 Å². The summed E-state index contributed by atoms with van der Waals surface area (Å²) in [6.07, 6.45) is 37.5. The Morgan fingerprint density at radius 2 is 0.449 bits per heavy atom. The second kappa shape index (κ2) is 52.9. The van der Waals surface area contributed by atoms with Crippen LogP contribution in [0.2, 0.25) is 0 Å². The summed E-state index contributed by atoms with van der Waals surface area (Å²) in [5, 5.41) is 0. The van der Waals surface area contributed by atoms with Crippen LogP contribution in [-0.4, -0.2) is 19.8 Å². The zero-order valence-corrected chi connectivity index (χ0v) is 35.4. The molecule has 0 N–H and O–H groups in total. The molecule has 13 heteroatoms. The minimum Gasteiger partial charge on any atom is -0.566 e. The first-order chi connectivity index (χ1) is 23.3. The molecule has 0 aliphatic rings. The summed E-state index contributed by atoms with van der Waals surface area (Å²) in [5.41, 5.74) is 0. The van der Waals surface area contributed by atoms with Gasteiger partial charge in [-0.3, -0.25) is 0 Å². The predicted molar refractivity (Wildman–Crippen MR) is 196 cm³/mol. The molecule has 0 aromatic rings. The van der Waals surface area contributed by atoms with Gasteiger partial charge in [0, 0.05) is 0 Å². The van der Waals surface area contributed by atoms with E-state index in [9.17, 15) is 28.4 Å². The SMILES string of the molecule is CCCCCCCCCCCCO[P+](=O)[O-].CCCCCCCCCCCCO[P+](=O)[O-].CCCCCCCCCCCCO[P+](=O)[O-].[Co+3]. The standard InChI is InChI=1S/3C12H25O3P.Co/c3*1-2-3-4-5-6-7-8-9-10-11-12-15-16(13)14;/h3*2-12H2,1H3;/q;;;+3. The molecule has 0 bridgehead atoms. The first-order valence-electron chi connectivity index (χ1n) is 19.6. The van der Waals surface area contributed by atoms with Crippen molar-refractivity contribution in [2.75, 3.05) is 19.8 Å². The Hall–Kier alpha value is 0.566. The molecule has 0 spiro atoms. The van der Waals surface area contributed by atoms with Crippen LogP contribution < -0.4 is 14.7 Å². The first kappa shape index (κ1) is 56.3. The van der Waals surface area contributed by atoms with E-state index in [0.29, 0.717) is 19.8 Å². The summed E-state index contributed by atoms with van der Waals surface area (Å²) < 4.78 is 43.6. The molecule has 0 rings (SSSR count). The van der Waals surface area contributed by atoms with Crippen LogP contribution in [0.1, 0.15) is 213 Å². The number of hydrogen-bond donors (Lipinski definition) is 0. The monoisotopic (exact) mass is 803 g/mol. The van der Waals surface area contributed by atoms with Gasteiger partial charge in [0.25, 0.3) is 0 Å². The molecule has 3 atom stereocenters. The molecular formula is C36H75CoO9P3+3. The molecular weight excluding hydrogens is 728 g/mol. The van der Waals surface area contributed by atoms with Crippen LogP contribution in [0.4, 0.5) is 0 Å². The van der Waals surface area contributed by atoms with Crippen molar-refractivity contribution in [3.8, 4) is 0 Å². The van der Waals surface area contributed by atoms with Crippen molar-refractivity contribution in [3.63, 3.8) is 0 Å². The molecule has 0 amide bonds. The third kappa shape index (κ3) is 67.3. The third-order valence-corrected chi connectivity index (χ3v) is 9.26.